The third-order valence-electron chi connectivity index (χ3n) is 2.02. The van der Waals surface area contributed by atoms with Gasteiger partial charge in [0, 0.05) is 24.4 Å². The molecule has 0 aromatic heterocycles. The summed E-state index contributed by atoms with van der Waals surface area (Å²) in [5.74, 6) is 0.688. The van der Waals surface area contributed by atoms with Crippen LogP contribution in [-0.4, -0.2) is 40.9 Å². The van der Waals surface area contributed by atoms with E-state index in [1.54, 1.807) is 16.7 Å². The Balaban J connectivity index is 3.97. The number of thioether (sulfide) groups is 1. The molecule has 0 aliphatic carbocycles. The third kappa shape index (κ3) is 5.50. The first kappa shape index (κ1) is 13.8. The molecule has 2 N–H and O–H groups in total. The molecule has 1 amide bonds. The maximum absolute atomic E-state index is 11.6. The first-order valence-electron chi connectivity index (χ1n) is 4.87. The minimum absolute atomic E-state index is 0.128. The predicted molar refractivity (Wildman–Crippen MR) is 63.5 cm³/mol. The van der Waals surface area contributed by atoms with Gasteiger partial charge in [-0.15, -0.1) is 11.8 Å². The number of hydrogen-bond donors (Lipinski definition) is 1. The summed E-state index contributed by atoms with van der Waals surface area (Å²) in [5.41, 5.74) is 5.49. The van der Waals surface area contributed by atoms with Gasteiger partial charge >= 0.3 is 0 Å². The number of likely N-dealkylation sites (N-methyl/N-ethyl adjacent to an activating group) is 1. The van der Waals surface area contributed by atoms with Crippen molar-refractivity contribution in [1.29, 1.82) is 0 Å². The van der Waals surface area contributed by atoms with E-state index in [1.807, 2.05) is 14.0 Å². The van der Waals surface area contributed by atoms with Gasteiger partial charge < -0.3 is 10.6 Å². The maximum atomic E-state index is 11.6. The van der Waals surface area contributed by atoms with Gasteiger partial charge in [0.25, 0.3) is 0 Å². The molecule has 0 spiro atoms. The highest BCUT2D eigenvalue weighted by molar-refractivity contribution is 8.01. The molecule has 0 aromatic rings. The van der Waals surface area contributed by atoms with Crippen molar-refractivity contribution in [3.63, 3.8) is 0 Å². The molecule has 1 unspecified atom stereocenters. The Bertz CT molecular complexity index is 189. The Hall–Kier alpha value is -0.220. The lowest BCUT2D eigenvalue weighted by Crippen LogP contribution is -2.41. The van der Waals surface area contributed by atoms with Crippen molar-refractivity contribution in [2.75, 3.05) is 19.3 Å². The van der Waals surface area contributed by atoms with Crippen LogP contribution in [0.3, 0.4) is 0 Å². The number of rotatable bonds is 4. The molecule has 0 heterocycles. The molecule has 0 saturated heterocycles. The highest BCUT2D eigenvalue weighted by Gasteiger charge is 2.18. The third-order valence-corrected chi connectivity index (χ3v) is 3.28. The largest absolute Gasteiger partial charge is 0.341 e. The maximum Gasteiger partial charge on any atom is 0.232 e. The van der Waals surface area contributed by atoms with E-state index >= 15 is 0 Å². The first-order chi connectivity index (χ1) is 6.28. The predicted octanol–water partition coefficient (Wildman–Crippen LogP) is 1.32. The van der Waals surface area contributed by atoms with Gasteiger partial charge in [0.15, 0.2) is 0 Å². The van der Waals surface area contributed by atoms with Crippen LogP contribution in [0.15, 0.2) is 0 Å². The van der Waals surface area contributed by atoms with Crippen LogP contribution in [0.4, 0.5) is 0 Å². The summed E-state index contributed by atoms with van der Waals surface area (Å²) in [6.07, 6.45) is 0. The molecule has 1 atom stereocenters. The SMILES string of the molecule is CC(CN)N(C)C(=O)CSC(C)(C)C. The number of carbonyl (C=O) groups excluding carboxylic acids is 1. The second-order valence-electron chi connectivity index (χ2n) is 4.49. The van der Waals surface area contributed by atoms with Crippen molar-refractivity contribution in [3.05, 3.63) is 0 Å². The van der Waals surface area contributed by atoms with E-state index in [0.717, 1.165) is 0 Å². The first-order valence-corrected chi connectivity index (χ1v) is 5.86. The lowest BCUT2D eigenvalue weighted by atomic mass is 10.3. The van der Waals surface area contributed by atoms with Crippen molar-refractivity contribution >= 4 is 17.7 Å². The molecule has 14 heavy (non-hydrogen) atoms. The van der Waals surface area contributed by atoms with E-state index in [9.17, 15) is 4.79 Å². The molecule has 0 bridgehead atoms. The summed E-state index contributed by atoms with van der Waals surface area (Å²) < 4.78 is 0.141. The van der Waals surface area contributed by atoms with Crippen LogP contribution in [0.1, 0.15) is 27.7 Å². The standard InChI is InChI=1S/C10H22N2OS/c1-8(6-11)12(5)9(13)7-14-10(2,3)4/h8H,6-7,11H2,1-5H3. The fourth-order valence-corrected chi connectivity index (χ4v) is 1.54. The molecule has 0 aliphatic rings. The van der Waals surface area contributed by atoms with E-state index in [1.165, 1.54) is 0 Å². The number of amides is 1. The van der Waals surface area contributed by atoms with Crippen LogP contribution in [0.5, 0.6) is 0 Å². The number of nitrogens with zero attached hydrogens (tertiary/aromatic N) is 1. The van der Waals surface area contributed by atoms with Crippen LogP contribution < -0.4 is 5.73 Å². The molecule has 84 valence electrons. The fraction of sp³-hybridized carbons (Fsp3) is 0.900. The highest BCUT2D eigenvalue weighted by Crippen LogP contribution is 2.23. The molecule has 0 saturated carbocycles. The van der Waals surface area contributed by atoms with Crippen LogP contribution in [0.25, 0.3) is 0 Å². The zero-order valence-corrected chi connectivity index (χ0v) is 10.6. The van der Waals surface area contributed by atoms with E-state index < -0.39 is 0 Å². The van der Waals surface area contributed by atoms with Gasteiger partial charge in [-0.1, -0.05) is 20.8 Å². The van der Waals surface area contributed by atoms with Crippen LogP contribution in [-0.2, 0) is 4.79 Å². The topological polar surface area (TPSA) is 46.3 Å². The van der Waals surface area contributed by atoms with Gasteiger partial charge in [-0.2, -0.15) is 0 Å². The molecular formula is C10H22N2OS. The summed E-state index contributed by atoms with van der Waals surface area (Å²) in [6.45, 7) is 8.80. The van der Waals surface area contributed by atoms with Crippen molar-refractivity contribution in [3.8, 4) is 0 Å². The van der Waals surface area contributed by atoms with Crippen LogP contribution in [0, 0.1) is 0 Å². The van der Waals surface area contributed by atoms with E-state index in [2.05, 4.69) is 20.8 Å². The normalized spacial score (nSPS) is 13.9. The summed E-state index contributed by atoms with van der Waals surface area (Å²) in [4.78, 5) is 13.4. The molecule has 3 nitrogen and oxygen atoms in total. The molecule has 4 heteroatoms. The van der Waals surface area contributed by atoms with Crippen molar-refractivity contribution in [2.24, 2.45) is 5.73 Å². The van der Waals surface area contributed by atoms with Gasteiger partial charge in [-0.3, -0.25) is 4.79 Å². The van der Waals surface area contributed by atoms with E-state index in [0.29, 0.717) is 12.3 Å². The van der Waals surface area contributed by atoms with Crippen LogP contribution in [0.2, 0.25) is 0 Å². The van der Waals surface area contributed by atoms with Gasteiger partial charge in [0.1, 0.15) is 0 Å². The average Bonchev–Trinajstić information content (AvgIpc) is 2.10. The fourth-order valence-electron chi connectivity index (χ4n) is 0.784. The second kappa shape index (κ2) is 5.61. The van der Waals surface area contributed by atoms with Gasteiger partial charge in [0.05, 0.1) is 5.75 Å². The minimum atomic E-state index is 0.128. The molecule has 0 aliphatic heterocycles. The summed E-state index contributed by atoms with van der Waals surface area (Å²) in [6, 6.07) is 0.128. The molecule has 0 rings (SSSR count). The number of nitrogens with two attached hydrogens (primary N) is 1. The van der Waals surface area contributed by atoms with Crippen LogP contribution >= 0.6 is 11.8 Å². The summed E-state index contributed by atoms with van der Waals surface area (Å²) >= 11 is 1.67. The number of carbonyl (C=O) groups is 1. The number of hydrogen-bond acceptors (Lipinski definition) is 3. The molecule has 0 fully saturated rings. The van der Waals surface area contributed by atoms with Crippen molar-refractivity contribution in [1.82, 2.24) is 4.90 Å². The lowest BCUT2D eigenvalue weighted by molar-refractivity contribution is -0.128. The van der Waals surface area contributed by atoms with Gasteiger partial charge in [-0.25, -0.2) is 0 Å². The quantitative estimate of drug-likeness (QED) is 0.774. The minimum Gasteiger partial charge on any atom is -0.341 e. The van der Waals surface area contributed by atoms with Crippen molar-refractivity contribution in [2.45, 2.75) is 38.5 Å². The Morgan fingerprint density at radius 1 is 1.50 bits per heavy atom. The summed E-state index contributed by atoms with van der Waals surface area (Å²) in [7, 11) is 1.81. The Morgan fingerprint density at radius 3 is 2.36 bits per heavy atom. The van der Waals surface area contributed by atoms with Gasteiger partial charge in [0.2, 0.25) is 5.91 Å². The van der Waals surface area contributed by atoms with E-state index in [-0.39, 0.29) is 16.7 Å². The highest BCUT2D eigenvalue weighted by atomic mass is 32.2. The molecule has 0 radical (unpaired) electrons. The molecule has 0 aromatic carbocycles. The van der Waals surface area contributed by atoms with Crippen molar-refractivity contribution < 1.29 is 4.79 Å². The summed E-state index contributed by atoms with van der Waals surface area (Å²) in [5, 5.41) is 0. The molecular weight excluding hydrogens is 196 g/mol. The average molecular weight is 218 g/mol. The smallest absolute Gasteiger partial charge is 0.232 e. The lowest BCUT2D eigenvalue weighted by Gasteiger charge is -2.25. The van der Waals surface area contributed by atoms with E-state index in [4.69, 9.17) is 5.73 Å². The Kier molecular flexibility index (Phi) is 5.52. The zero-order chi connectivity index (χ0) is 11.4. The van der Waals surface area contributed by atoms with Gasteiger partial charge in [-0.05, 0) is 6.92 Å². The Labute approximate surface area is 91.4 Å². The zero-order valence-electron chi connectivity index (χ0n) is 9.83. The Morgan fingerprint density at radius 2 is 2.00 bits per heavy atom. The second-order valence-corrected chi connectivity index (χ2v) is 6.29. The monoisotopic (exact) mass is 218 g/mol.